The third-order valence-corrected chi connectivity index (χ3v) is 3.99. The van der Waals surface area contributed by atoms with E-state index in [4.69, 9.17) is 4.74 Å². The lowest BCUT2D eigenvalue weighted by atomic mass is 9.71. The maximum Gasteiger partial charge on any atom is 0.0700 e. The van der Waals surface area contributed by atoms with Crippen molar-refractivity contribution in [3.63, 3.8) is 0 Å². The van der Waals surface area contributed by atoms with Gasteiger partial charge in [0.2, 0.25) is 0 Å². The number of hydrogen-bond acceptors (Lipinski definition) is 2. The number of allylic oxidation sites excluding steroid dienone is 1. The van der Waals surface area contributed by atoms with Crippen LogP contribution in [0.5, 0.6) is 0 Å². The molecule has 0 aromatic rings. The van der Waals surface area contributed by atoms with E-state index in [1.54, 1.807) is 0 Å². The minimum atomic E-state index is 0.499. The fourth-order valence-electron chi connectivity index (χ4n) is 3.04. The van der Waals surface area contributed by atoms with Crippen LogP contribution in [0.15, 0.2) is 12.2 Å². The lowest BCUT2D eigenvalue weighted by Crippen LogP contribution is -2.49. The van der Waals surface area contributed by atoms with Crippen molar-refractivity contribution in [2.24, 2.45) is 11.8 Å². The summed E-state index contributed by atoms with van der Waals surface area (Å²) in [7, 11) is 0. The summed E-state index contributed by atoms with van der Waals surface area (Å²) in [4.78, 5) is 0. The van der Waals surface area contributed by atoms with Gasteiger partial charge in [0.25, 0.3) is 0 Å². The molecule has 0 radical (unpaired) electrons. The third kappa shape index (κ3) is 1.51. The second-order valence-electron chi connectivity index (χ2n) is 4.89. The Hall–Kier alpha value is -0.340. The van der Waals surface area contributed by atoms with Gasteiger partial charge in [0, 0.05) is 19.2 Å². The predicted octanol–water partition coefficient (Wildman–Crippen LogP) is 1.72. The minimum absolute atomic E-state index is 0.499. The zero-order valence-electron chi connectivity index (χ0n) is 8.61. The summed E-state index contributed by atoms with van der Waals surface area (Å²) in [5.41, 5.74) is 0. The Bertz CT molecular complexity index is 232. The standard InChI is InChI=1S/C12H19NO/c1-3-9-7-12(11(9)5-1)13-8-10-4-2-6-14-10/h1,5,9-13H,2-4,6-8H2. The number of rotatable bonds is 3. The molecule has 1 aliphatic heterocycles. The van der Waals surface area contributed by atoms with Crippen molar-refractivity contribution in [2.75, 3.05) is 13.2 Å². The Morgan fingerprint density at radius 1 is 1.43 bits per heavy atom. The predicted molar refractivity (Wildman–Crippen MR) is 56.1 cm³/mol. The molecule has 4 unspecified atom stereocenters. The second-order valence-corrected chi connectivity index (χ2v) is 4.89. The molecule has 3 aliphatic rings. The van der Waals surface area contributed by atoms with Crippen molar-refractivity contribution in [1.29, 1.82) is 0 Å². The van der Waals surface area contributed by atoms with Gasteiger partial charge in [-0.3, -0.25) is 0 Å². The number of hydrogen-bond donors (Lipinski definition) is 1. The summed E-state index contributed by atoms with van der Waals surface area (Å²) in [6, 6.07) is 0.753. The Morgan fingerprint density at radius 2 is 2.43 bits per heavy atom. The van der Waals surface area contributed by atoms with Crippen molar-refractivity contribution in [2.45, 2.75) is 37.8 Å². The largest absolute Gasteiger partial charge is 0.377 e. The van der Waals surface area contributed by atoms with Crippen molar-refractivity contribution in [3.05, 3.63) is 12.2 Å². The summed E-state index contributed by atoms with van der Waals surface area (Å²) in [5, 5.41) is 3.66. The first-order chi connectivity index (χ1) is 6.93. The maximum absolute atomic E-state index is 5.60. The molecule has 4 atom stereocenters. The smallest absolute Gasteiger partial charge is 0.0700 e. The van der Waals surface area contributed by atoms with Gasteiger partial charge in [0.05, 0.1) is 6.10 Å². The van der Waals surface area contributed by atoms with Crippen LogP contribution in [-0.2, 0) is 4.74 Å². The van der Waals surface area contributed by atoms with Crippen LogP contribution in [0.4, 0.5) is 0 Å². The topological polar surface area (TPSA) is 21.3 Å². The molecule has 2 heteroatoms. The fourth-order valence-corrected chi connectivity index (χ4v) is 3.04. The zero-order chi connectivity index (χ0) is 9.38. The monoisotopic (exact) mass is 193 g/mol. The Morgan fingerprint density at radius 3 is 3.21 bits per heavy atom. The van der Waals surface area contributed by atoms with Crippen LogP contribution in [0, 0.1) is 11.8 Å². The van der Waals surface area contributed by atoms with Gasteiger partial charge in [-0.15, -0.1) is 0 Å². The first-order valence-electron chi connectivity index (χ1n) is 5.95. The summed E-state index contributed by atoms with van der Waals surface area (Å²) >= 11 is 0. The molecular formula is C12H19NO. The lowest BCUT2D eigenvalue weighted by molar-refractivity contribution is 0.0893. The molecule has 0 bridgehead atoms. The first kappa shape index (κ1) is 8.93. The van der Waals surface area contributed by atoms with Crippen molar-refractivity contribution >= 4 is 0 Å². The average Bonchev–Trinajstić information content (AvgIpc) is 2.76. The van der Waals surface area contributed by atoms with Crippen LogP contribution in [0.3, 0.4) is 0 Å². The summed E-state index contributed by atoms with van der Waals surface area (Å²) in [5.74, 6) is 1.81. The zero-order valence-corrected chi connectivity index (χ0v) is 8.61. The average molecular weight is 193 g/mol. The van der Waals surface area contributed by atoms with Crippen LogP contribution in [0.1, 0.15) is 25.7 Å². The van der Waals surface area contributed by atoms with Gasteiger partial charge in [-0.25, -0.2) is 0 Å². The fraction of sp³-hybridized carbons (Fsp3) is 0.833. The highest BCUT2D eigenvalue weighted by molar-refractivity contribution is 5.12. The molecule has 0 spiro atoms. The van der Waals surface area contributed by atoms with Gasteiger partial charge >= 0.3 is 0 Å². The van der Waals surface area contributed by atoms with Gasteiger partial charge in [-0.05, 0) is 37.5 Å². The lowest BCUT2D eigenvalue weighted by Gasteiger charge is -2.41. The van der Waals surface area contributed by atoms with E-state index in [9.17, 15) is 0 Å². The van der Waals surface area contributed by atoms with Crippen LogP contribution in [-0.4, -0.2) is 25.3 Å². The molecule has 1 saturated carbocycles. The molecule has 1 N–H and O–H groups in total. The molecule has 14 heavy (non-hydrogen) atoms. The van der Waals surface area contributed by atoms with Crippen molar-refractivity contribution in [3.8, 4) is 0 Å². The molecule has 2 fully saturated rings. The van der Waals surface area contributed by atoms with E-state index in [-0.39, 0.29) is 0 Å². The molecule has 1 saturated heterocycles. The number of fused-ring (bicyclic) bond motifs is 1. The van der Waals surface area contributed by atoms with E-state index in [1.807, 2.05) is 0 Å². The number of ether oxygens (including phenoxy) is 1. The highest BCUT2D eigenvalue weighted by Crippen LogP contribution is 2.42. The minimum Gasteiger partial charge on any atom is -0.377 e. The van der Waals surface area contributed by atoms with E-state index in [2.05, 4.69) is 17.5 Å². The maximum atomic E-state index is 5.60. The third-order valence-electron chi connectivity index (χ3n) is 3.99. The molecule has 78 valence electrons. The summed E-state index contributed by atoms with van der Waals surface area (Å²) in [6.07, 6.45) is 10.5. The van der Waals surface area contributed by atoms with Crippen LogP contribution in [0.25, 0.3) is 0 Å². The van der Waals surface area contributed by atoms with Crippen molar-refractivity contribution in [1.82, 2.24) is 5.32 Å². The van der Waals surface area contributed by atoms with E-state index >= 15 is 0 Å². The van der Waals surface area contributed by atoms with Crippen LogP contribution >= 0.6 is 0 Å². The molecule has 2 aliphatic carbocycles. The second kappa shape index (κ2) is 3.67. The van der Waals surface area contributed by atoms with Crippen LogP contribution in [0.2, 0.25) is 0 Å². The first-order valence-corrected chi connectivity index (χ1v) is 5.95. The van der Waals surface area contributed by atoms with E-state index in [0.29, 0.717) is 6.10 Å². The van der Waals surface area contributed by atoms with E-state index < -0.39 is 0 Å². The Kier molecular flexibility index (Phi) is 2.34. The van der Waals surface area contributed by atoms with E-state index in [0.717, 1.165) is 31.0 Å². The van der Waals surface area contributed by atoms with Gasteiger partial charge in [0.15, 0.2) is 0 Å². The van der Waals surface area contributed by atoms with Gasteiger partial charge in [-0.2, -0.15) is 0 Å². The molecule has 1 heterocycles. The van der Waals surface area contributed by atoms with Gasteiger partial charge in [0.1, 0.15) is 0 Å². The van der Waals surface area contributed by atoms with E-state index in [1.165, 1.54) is 25.7 Å². The molecule has 2 nitrogen and oxygen atoms in total. The highest BCUT2D eigenvalue weighted by atomic mass is 16.5. The van der Waals surface area contributed by atoms with Gasteiger partial charge < -0.3 is 10.1 Å². The van der Waals surface area contributed by atoms with Crippen molar-refractivity contribution < 1.29 is 4.74 Å². The summed E-state index contributed by atoms with van der Waals surface area (Å²) in [6.45, 7) is 2.05. The van der Waals surface area contributed by atoms with Gasteiger partial charge in [-0.1, -0.05) is 12.2 Å². The SMILES string of the molecule is C1=CC2C(C1)CC2NCC1CCCO1. The molecule has 0 aromatic heterocycles. The molecular weight excluding hydrogens is 174 g/mol. The highest BCUT2D eigenvalue weighted by Gasteiger charge is 2.40. The molecule has 0 amide bonds. The molecule has 3 rings (SSSR count). The van der Waals surface area contributed by atoms with Crippen LogP contribution < -0.4 is 5.32 Å². The summed E-state index contributed by atoms with van der Waals surface area (Å²) < 4.78 is 5.60. The Balaban J connectivity index is 1.43. The molecule has 0 aromatic carbocycles. The Labute approximate surface area is 85.7 Å². The normalized spacial score (nSPS) is 45.1. The number of nitrogens with one attached hydrogen (secondary N) is 1. The quantitative estimate of drug-likeness (QED) is 0.689.